The molecule has 174 valence electrons. The molecule has 9 heteroatoms. The van der Waals surface area contributed by atoms with Crippen LogP contribution in [0, 0.1) is 17.2 Å². The van der Waals surface area contributed by atoms with E-state index in [1.54, 1.807) is 12.1 Å². The lowest BCUT2D eigenvalue weighted by Crippen LogP contribution is -2.31. The van der Waals surface area contributed by atoms with Gasteiger partial charge in [0.05, 0.1) is 12.5 Å². The lowest BCUT2D eigenvalue weighted by molar-refractivity contribution is -0.116. The molecular formula is C24H30N6O3. The first-order valence-corrected chi connectivity index (χ1v) is 11.3. The molecule has 1 aromatic carbocycles. The third-order valence-electron chi connectivity index (χ3n) is 5.34. The molecule has 0 spiro atoms. The average Bonchev–Trinajstić information content (AvgIpc) is 3.11. The van der Waals surface area contributed by atoms with E-state index in [2.05, 4.69) is 21.4 Å². The van der Waals surface area contributed by atoms with Crippen LogP contribution in [0.5, 0.6) is 0 Å². The Morgan fingerprint density at radius 2 is 1.94 bits per heavy atom. The molecule has 1 amide bonds. The molecule has 0 saturated heterocycles. The monoisotopic (exact) mass is 450 g/mol. The summed E-state index contributed by atoms with van der Waals surface area (Å²) in [4.78, 5) is 44.7. The van der Waals surface area contributed by atoms with Crippen LogP contribution in [-0.2, 0) is 30.7 Å². The van der Waals surface area contributed by atoms with Crippen molar-refractivity contribution in [1.82, 2.24) is 19.1 Å². The van der Waals surface area contributed by atoms with Crippen molar-refractivity contribution in [2.45, 2.75) is 66.0 Å². The van der Waals surface area contributed by atoms with E-state index in [1.165, 1.54) is 4.57 Å². The molecule has 9 nitrogen and oxygen atoms in total. The molecule has 3 rings (SSSR count). The number of hydrogen-bond acceptors (Lipinski definition) is 5. The van der Waals surface area contributed by atoms with Gasteiger partial charge in [0.15, 0.2) is 11.2 Å². The van der Waals surface area contributed by atoms with Crippen LogP contribution in [0.25, 0.3) is 11.2 Å². The first-order valence-electron chi connectivity index (χ1n) is 11.3. The molecule has 0 aliphatic rings. The van der Waals surface area contributed by atoms with Gasteiger partial charge in [0.1, 0.15) is 5.82 Å². The Balaban J connectivity index is 1.86. The summed E-state index contributed by atoms with van der Waals surface area (Å²) in [6, 6.07) is 9.25. The Hall–Kier alpha value is -3.67. The highest BCUT2D eigenvalue weighted by Gasteiger charge is 2.19. The molecule has 0 atom stereocenters. The van der Waals surface area contributed by atoms with E-state index in [1.807, 2.05) is 37.5 Å². The van der Waals surface area contributed by atoms with Gasteiger partial charge in [-0.05, 0) is 30.0 Å². The predicted molar refractivity (Wildman–Crippen MR) is 127 cm³/mol. The summed E-state index contributed by atoms with van der Waals surface area (Å²) in [6.07, 6.45) is 2.54. The molecule has 0 bridgehead atoms. The van der Waals surface area contributed by atoms with E-state index >= 15 is 0 Å². The highest BCUT2D eigenvalue weighted by Crippen LogP contribution is 2.17. The number of imidazole rings is 1. The normalized spacial score (nSPS) is 11.1. The van der Waals surface area contributed by atoms with Gasteiger partial charge < -0.3 is 9.88 Å². The van der Waals surface area contributed by atoms with Crippen molar-refractivity contribution in [2.24, 2.45) is 5.92 Å². The number of benzene rings is 1. The summed E-state index contributed by atoms with van der Waals surface area (Å²) in [5.41, 5.74) is 1.38. The van der Waals surface area contributed by atoms with Gasteiger partial charge >= 0.3 is 5.69 Å². The summed E-state index contributed by atoms with van der Waals surface area (Å²) in [6.45, 7) is 7.15. The van der Waals surface area contributed by atoms with E-state index in [4.69, 9.17) is 5.26 Å². The number of anilines is 1. The van der Waals surface area contributed by atoms with Crippen LogP contribution in [-0.4, -0.2) is 25.0 Å². The van der Waals surface area contributed by atoms with Crippen molar-refractivity contribution >= 4 is 22.8 Å². The fourth-order valence-electron chi connectivity index (χ4n) is 3.74. The fourth-order valence-corrected chi connectivity index (χ4v) is 3.74. The van der Waals surface area contributed by atoms with Gasteiger partial charge in [0.25, 0.3) is 5.56 Å². The zero-order valence-electron chi connectivity index (χ0n) is 19.4. The Bertz CT molecular complexity index is 1270. The molecule has 33 heavy (non-hydrogen) atoms. The second-order valence-electron chi connectivity index (χ2n) is 8.55. The summed E-state index contributed by atoms with van der Waals surface area (Å²) >= 11 is 0. The molecule has 0 aliphatic carbocycles. The number of aromatic amines is 1. The molecule has 0 radical (unpaired) electrons. The standard InChI is InChI=1S/C24H30N6O3/c1-4-5-14-29-22-21(23(32)28-24(29)33)30(15-16(2)3)19(27-22)10-11-20(31)26-18-8-6-17(7-9-18)12-13-25/h6-9,16H,4-5,10-12,14-15H2,1-3H3,(H,26,31)(H,28,32,33). The van der Waals surface area contributed by atoms with Gasteiger partial charge in [-0.2, -0.15) is 5.26 Å². The number of aromatic nitrogens is 4. The maximum absolute atomic E-state index is 12.7. The molecule has 2 heterocycles. The number of nitrogens with zero attached hydrogens (tertiary/aromatic N) is 4. The fraction of sp³-hybridized carbons (Fsp3) is 0.458. The lowest BCUT2D eigenvalue weighted by Gasteiger charge is -2.11. The molecule has 3 aromatic rings. The number of hydrogen-bond donors (Lipinski definition) is 2. The van der Waals surface area contributed by atoms with Crippen molar-refractivity contribution in [3.8, 4) is 6.07 Å². The summed E-state index contributed by atoms with van der Waals surface area (Å²) < 4.78 is 3.36. The minimum atomic E-state index is -0.459. The number of H-pyrrole nitrogens is 1. The zero-order valence-corrected chi connectivity index (χ0v) is 19.4. The van der Waals surface area contributed by atoms with Crippen molar-refractivity contribution in [1.29, 1.82) is 5.26 Å². The number of nitrogens with one attached hydrogen (secondary N) is 2. The van der Waals surface area contributed by atoms with Gasteiger partial charge in [0.2, 0.25) is 5.91 Å². The summed E-state index contributed by atoms with van der Waals surface area (Å²) in [5.74, 6) is 0.681. The van der Waals surface area contributed by atoms with E-state index < -0.39 is 11.2 Å². The van der Waals surface area contributed by atoms with Crippen LogP contribution < -0.4 is 16.6 Å². The number of fused-ring (bicyclic) bond motifs is 1. The van der Waals surface area contributed by atoms with E-state index in [0.29, 0.717) is 48.6 Å². The number of unbranched alkanes of at least 4 members (excludes halogenated alkanes) is 1. The van der Waals surface area contributed by atoms with Crippen molar-refractivity contribution < 1.29 is 4.79 Å². The lowest BCUT2D eigenvalue weighted by atomic mass is 10.1. The number of aryl methyl sites for hydroxylation is 2. The molecule has 0 fully saturated rings. The Morgan fingerprint density at radius 1 is 1.21 bits per heavy atom. The number of rotatable bonds is 10. The quantitative estimate of drug-likeness (QED) is 0.491. The Labute approximate surface area is 192 Å². The van der Waals surface area contributed by atoms with E-state index in [0.717, 1.165) is 18.4 Å². The van der Waals surface area contributed by atoms with Crippen LogP contribution in [0.4, 0.5) is 5.69 Å². The summed E-state index contributed by atoms with van der Waals surface area (Å²) in [7, 11) is 0. The van der Waals surface area contributed by atoms with Crippen LogP contribution in [0.2, 0.25) is 0 Å². The van der Waals surface area contributed by atoms with Gasteiger partial charge in [0, 0.05) is 31.6 Å². The van der Waals surface area contributed by atoms with Crippen LogP contribution in [0.1, 0.15) is 51.4 Å². The third-order valence-corrected chi connectivity index (χ3v) is 5.34. The highest BCUT2D eigenvalue weighted by molar-refractivity contribution is 5.90. The smallest absolute Gasteiger partial charge is 0.326 e. The zero-order chi connectivity index (χ0) is 24.0. The molecule has 2 N–H and O–H groups in total. The molecule has 2 aromatic heterocycles. The van der Waals surface area contributed by atoms with Crippen LogP contribution >= 0.6 is 0 Å². The number of carbonyl (C=O) groups excluding carboxylic acids is 1. The average molecular weight is 451 g/mol. The summed E-state index contributed by atoms with van der Waals surface area (Å²) in [5, 5.41) is 11.6. The van der Waals surface area contributed by atoms with Crippen LogP contribution in [0.3, 0.4) is 0 Å². The second-order valence-corrected chi connectivity index (χ2v) is 8.55. The van der Waals surface area contributed by atoms with Crippen molar-refractivity contribution in [2.75, 3.05) is 5.32 Å². The second kappa shape index (κ2) is 10.8. The number of carbonyl (C=O) groups is 1. The number of amides is 1. The van der Waals surface area contributed by atoms with Gasteiger partial charge in [-0.3, -0.25) is 19.1 Å². The Morgan fingerprint density at radius 3 is 2.58 bits per heavy atom. The molecular weight excluding hydrogens is 420 g/mol. The van der Waals surface area contributed by atoms with E-state index in [-0.39, 0.29) is 18.2 Å². The maximum Gasteiger partial charge on any atom is 0.330 e. The first kappa shape index (κ1) is 24.0. The Kier molecular flexibility index (Phi) is 7.83. The van der Waals surface area contributed by atoms with Gasteiger partial charge in [-0.15, -0.1) is 0 Å². The van der Waals surface area contributed by atoms with Crippen LogP contribution in [0.15, 0.2) is 33.9 Å². The maximum atomic E-state index is 12.7. The first-order chi connectivity index (χ1) is 15.8. The molecule has 0 unspecified atom stereocenters. The molecule has 0 saturated carbocycles. The molecule has 0 aliphatic heterocycles. The van der Waals surface area contributed by atoms with Gasteiger partial charge in [-0.1, -0.05) is 39.3 Å². The topological polar surface area (TPSA) is 126 Å². The minimum absolute atomic E-state index is 0.177. The third kappa shape index (κ3) is 5.77. The highest BCUT2D eigenvalue weighted by atomic mass is 16.2. The SMILES string of the molecule is CCCCn1c(=O)[nH]c(=O)c2c1nc(CCC(=O)Nc1ccc(CC#N)cc1)n2CC(C)C. The van der Waals surface area contributed by atoms with Crippen molar-refractivity contribution in [3.63, 3.8) is 0 Å². The predicted octanol–water partition coefficient (Wildman–Crippen LogP) is 2.98. The van der Waals surface area contributed by atoms with Crippen molar-refractivity contribution in [3.05, 3.63) is 56.5 Å². The van der Waals surface area contributed by atoms with E-state index in [9.17, 15) is 14.4 Å². The van der Waals surface area contributed by atoms with Gasteiger partial charge in [-0.25, -0.2) is 9.78 Å². The number of nitriles is 1. The minimum Gasteiger partial charge on any atom is -0.326 e. The largest absolute Gasteiger partial charge is 0.330 e.